The number of nitrogens with two attached hydrogens (primary N) is 2. The van der Waals surface area contributed by atoms with E-state index in [0.717, 1.165) is 0 Å². The van der Waals surface area contributed by atoms with Gasteiger partial charge < -0.3 is 41.9 Å². The SMILES string of the molecule is CC(N)CNCc1cc(N(C)C)c2c(c1O)C(=O)C1C(=O)[C@@]3(O)C(=O)C(C(N)=O)C(O)C(N(C)C)[C@H]3C[C@H]1C2. The Morgan fingerprint density at radius 1 is 1.21 bits per heavy atom. The summed E-state index contributed by atoms with van der Waals surface area (Å²) in [5.74, 6) is -9.14. The minimum absolute atomic E-state index is 0.00523. The van der Waals surface area contributed by atoms with Gasteiger partial charge in [-0.05, 0) is 51.4 Å². The summed E-state index contributed by atoms with van der Waals surface area (Å²) in [6.07, 6.45) is -1.22. The maximum atomic E-state index is 14.0. The number of ketones is 3. The molecule has 0 heterocycles. The molecule has 1 aromatic carbocycles. The summed E-state index contributed by atoms with van der Waals surface area (Å²) >= 11 is 0. The molecule has 1 amide bonds. The molecule has 12 heteroatoms. The van der Waals surface area contributed by atoms with Crippen molar-refractivity contribution in [3.8, 4) is 5.75 Å². The number of amides is 1. The number of Topliss-reactive ketones (excluding diaryl/α,β-unsaturated/α-hetero) is 3. The maximum absolute atomic E-state index is 14.0. The summed E-state index contributed by atoms with van der Waals surface area (Å²) in [6.45, 7) is 2.53. The van der Waals surface area contributed by atoms with E-state index >= 15 is 0 Å². The van der Waals surface area contributed by atoms with Gasteiger partial charge >= 0.3 is 0 Å². The zero-order valence-corrected chi connectivity index (χ0v) is 23.0. The van der Waals surface area contributed by atoms with Gasteiger partial charge in [-0.3, -0.25) is 19.2 Å². The van der Waals surface area contributed by atoms with Gasteiger partial charge in [-0.15, -0.1) is 0 Å². The van der Waals surface area contributed by atoms with Crippen LogP contribution in [0.4, 0.5) is 5.69 Å². The number of primary amides is 1. The van der Waals surface area contributed by atoms with Crippen molar-refractivity contribution in [2.45, 2.75) is 50.1 Å². The van der Waals surface area contributed by atoms with E-state index in [2.05, 4.69) is 5.32 Å². The van der Waals surface area contributed by atoms with Crippen molar-refractivity contribution in [3.63, 3.8) is 0 Å². The van der Waals surface area contributed by atoms with Gasteiger partial charge in [0, 0.05) is 56.4 Å². The molecular weight excluding hydrogens is 506 g/mol. The number of aliphatic hydroxyl groups is 2. The highest BCUT2D eigenvalue weighted by Gasteiger charge is 2.69. The highest BCUT2D eigenvalue weighted by molar-refractivity contribution is 6.25. The molecule has 5 unspecified atom stereocenters. The fraction of sp³-hybridized carbons (Fsp3) is 0.630. The number of hydrogen-bond acceptors (Lipinski definition) is 11. The van der Waals surface area contributed by atoms with E-state index < -0.39 is 64.7 Å². The molecule has 0 aliphatic heterocycles. The van der Waals surface area contributed by atoms with Gasteiger partial charge in [0.15, 0.2) is 23.0 Å². The van der Waals surface area contributed by atoms with Gasteiger partial charge in [-0.1, -0.05) is 0 Å². The molecule has 3 aliphatic carbocycles. The smallest absolute Gasteiger partial charge is 0.230 e. The van der Waals surface area contributed by atoms with Crippen LogP contribution in [-0.4, -0.2) is 102 Å². The Labute approximate surface area is 227 Å². The van der Waals surface area contributed by atoms with Crippen LogP contribution < -0.4 is 21.7 Å². The molecule has 214 valence electrons. The molecule has 39 heavy (non-hydrogen) atoms. The zero-order chi connectivity index (χ0) is 29.1. The van der Waals surface area contributed by atoms with Crippen molar-refractivity contribution in [1.82, 2.24) is 10.2 Å². The number of fused-ring (bicyclic) bond motifs is 3. The van der Waals surface area contributed by atoms with E-state index in [1.807, 2.05) is 25.9 Å². The monoisotopic (exact) mass is 545 g/mol. The number of anilines is 1. The Balaban J connectivity index is 1.83. The van der Waals surface area contributed by atoms with Gasteiger partial charge in [0.1, 0.15) is 11.7 Å². The third kappa shape index (κ3) is 4.44. The molecule has 3 aliphatic rings. The molecule has 0 spiro atoms. The van der Waals surface area contributed by atoms with Gasteiger partial charge in [0.2, 0.25) is 5.91 Å². The second kappa shape index (κ2) is 10.3. The second-order valence-electron chi connectivity index (χ2n) is 11.7. The van der Waals surface area contributed by atoms with Crippen LogP contribution in [0.1, 0.15) is 34.8 Å². The second-order valence-corrected chi connectivity index (χ2v) is 11.7. The first-order valence-electron chi connectivity index (χ1n) is 13.1. The van der Waals surface area contributed by atoms with Crippen molar-refractivity contribution in [1.29, 1.82) is 0 Å². The van der Waals surface area contributed by atoms with E-state index in [4.69, 9.17) is 11.5 Å². The molecule has 8 atom stereocenters. The van der Waals surface area contributed by atoms with Crippen LogP contribution in [0.15, 0.2) is 6.07 Å². The minimum atomic E-state index is -2.68. The van der Waals surface area contributed by atoms with Crippen LogP contribution in [0.5, 0.6) is 5.75 Å². The fourth-order valence-electron chi connectivity index (χ4n) is 6.89. The molecule has 0 radical (unpaired) electrons. The Morgan fingerprint density at radius 2 is 1.85 bits per heavy atom. The van der Waals surface area contributed by atoms with E-state index in [1.54, 1.807) is 25.1 Å². The van der Waals surface area contributed by atoms with E-state index in [9.17, 15) is 34.5 Å². The molecule has 12 nitrogen and oxygen atoms in total. The van der Waals surface area contributed by atoms with Crippen molar-refractivity contribution in [3.05, 3.63) is 22.8 Å². The molecule has 2 fully saturated rings. The predicted octanol–water partition coefficient (Wildman–Crippen LogP) is -1.84. The van der Waals surface area contributed by atoms with Crippen LogP contribution >= 0.6 is 0 Å². The van der Waals surface area contributed by atoms with E-state index in [1.165, 1.54) is 0 Å². The van der Waals surface area contributed by atoms with Crippen LogP contribution in [0.3, 0.4) is 0 Å². The predicted molar refractivity (Wildman–Crippen MR) is 142 cm³/mol. The number of hydrogen-bond donors (Lipinski definition) is 6. The van der Waals surface area contributed by atoms with E-state index in [-0.39, 0.29) is 36.7 Å². The standard InChI is InChI=1S/C27H39N5O7/c1-11(28)9-30-10-13-8-16(31(2)3)14-6-12-7-15-20(32(4)5)23(35)19(26(29)38)25(37)27(15,39)24(36)17(12)22(34)18(14)21(13)33/h8,11-12,15,17,19-20,23,30,33,35,39H,6-7,9-10,28H2,1-5H3,(H2,29,38)/t11?,12-,15-,17?,19?,20?,23?,27-/m1/s1. The highest BCUT2D eigenvalue weighted by Crippen LogP contribution is 2.52. The fourth-order valence-corrected chi connectivity index (χ4v) is 6.89. The summed E-state index contributed by atoms with van der Waals surface area (Å²) in [7, 11) is 6.86. The molecule has 2 saturated carbocycles. The lowest BCUT2D eigenvalue weighted by Gasteiger charge is -2.55. The van der Waals surface area contributed by atoms with Crippen molar-refractivity contribution >= 4 is 28.9 Å². The summed E-state index contributed by atoms with van der Waals surface area (Å²) in [5.41, 5.74) is 10.3. The normalized spacial score (nSPS) is 32.9. The number of benzene rings is 1. The Morgan fingerprint density at radius 3 is 2.38 bits per heavy atom. The van der Waals surface area contributed by atoms with Crippen molar-refractivity contribution < 1.29 is 34.5 Å². The third-order valence-electron chi connectivity index (χ3n) is 8.61. The summed E-state index contributed by atoms with van der Waals surface area (Å²) < 4.78 is 0. The molecular formula is C27H39N5O7. The first kappa shape index (κ1) is 29.1. The van der Waals surface area contributed by atoms with Crippen LogP contribution in [0.2, 0.25) is 0 Å². The van der Waals surface area contributed by atoms with E-state index in [0.29, 0.717) is 23.4 Å². The topological polar surface area (TPSA) is 200 Å². The molecule has 0 aromatic heterocycles. The molecule has 1 aromatic rings. The first-order valence-corrected chi connectivity index (χ1v) is 13.1. The lowest BCUT2D eigenvalue weighted by molar-refractivity contribution is -0.190. The number of aromatic hydroxyl groups is 1. The quantitative estimate of drug-likeness (QED) is 0.210. The maximum Gasteiger partial charge on any atom is 0.230 e. The zero-order valence-electron chi connectivity index (χ0n) is 23.0. The average Bonchev–Trinajstić information content (AvgIpc) is 2.81. The number of phenols is 1. The third-order valence-corrected chi connectivity index (χ3v) is 8.61. The number of phenolic OH excluding ortho intramolecular Hbond substituents is 1. The number of carbonyl (C=O) groups excluding carboxylic acids is 4. The van der Waals surface area contributed by atoms with Crippen molar-refractivity contribution in [2.75, 3.05) is 39.6 Å². The number of likely N-dealkylation sites (N-methyl/N-ethyl adjacent to an activating group) is 1. The Hall–Kier alpha value is -2.90. The van der Waals surface area contributed by atoms with Crippen LogP contribution in [-0.2, 0) is 27.3 Å². The molecule has 0 saturated heterocycles. The van der Waals surface area contributed by atoms with Gasteiger partial charge in [-0.2, -0.15) is 0 Å². The number of nitrogens with zero attached hydrogens (tertiary/aromatic N) is 2. The minimum Gasteiger partial charge on any atom is -0.507 e. The highest BCUT2D eigenvalue weighted by atomic mass is 16.3. The Kier molecular flexibility index (Phi) is 7.65. The molecule has 8 N–H and O–H groups in total. The first-order chi connectivity index (χ1) is 18.1. The summed E-state index contributed by atoms with van der Waals surface area (Å²) in [6, 6.07) is 0.729. The average molecular weight is 546 g/mol. The number of rotatable bonds is 7. The number of nitrogens with one attached hydrogen (secondary N) is 1. The Bertz CT molecular complexity index is 1220. The number of aliphatic hydroxyl groups excluding tert-OH is 1. The lowest BCUT2D eigenvalue weighted by Crippen LogP contribution is -2.75. The van der Waals surface area contributed by atoms with Gasteiger partial charge in [0.25, 0.3) is 0 Å². The summed E-state index contributed by atoms with van der Waals surface area (Å²) in [5, 5.41) is 37.1. The summed E-state index contributed by atoms with van der Waals surface area (Å²) in [4.78, 5) is 57.0. The largest absolute Gasteiger partial charge is 0.507 e. The lowest BCUT2D eigenvalue weighted by atomic mass is 9.52. The molecule has 4 rings (SSSR count). The van der Waals surface area contributed by atoms with Crippen molar-refractivity contribution in [2.24, 2.45) is 35.1 Å². The van der Waals surface area contributed by atoms with Gasteiger partial charge in [-0.25, -0.2) is 0 Å². The van der Waals surface area contributed by atoms with Crippen LogP contribution in [0.25, 0.3) is 0 Å². The number of carbonyl (C=O) groups is 4. The van der Waals surface area contributed by atoms with Gasteiger partial charge in [0.05, 0.1) is 17.6 Å². The van der Waals surface area contributed by atoms with Crippen LogP contribution in [0, 0.1) is 23.7 Å². The molecule has 0 bridgehead atoms.